The fraction of sp³-hybridized carbons (Fsp3) is 0.467. The smallest absolute Gasteiger partial charge is 0.324 e. The van der Waals surface area contributed by atoms with Crippen LogP contribution in [-0.2, 0) is 11.2 Å². The van der Waals surface area contributed by atoms with Crippen LogP contribution in [0, 0.1) is 5.92 Å². The van der Waals surface area contributed by atoms with Crippen molar-refractivity contribution in [3.05, 3.63) is 35.4 Å². The number of nitrogens with zero attached hydrogens (tertiary/aromatic N) is 1. The fourth-order valence-electron chi connectivity index (χ4n) is 2.31. The van der Waals surface area contributed by atoms with Gasteiger partial charge in [-0.15, -0.1) is 0 Å². The Labute approximate surface area is 119 Å². The van der Waals surface area contributed by atoms with Crippen LogP contribution in [0.25, 0.3) is 0 Å². The van der Waals surface area contributed by atoms with Crippen LogP contribution >= 0.6 is 0 Å². The second-order valence-corrected chi connectivity index (χ2v) is 5.61. The zero-order valence-corrected chi connectivity index (χ0v) is 11.9. The number of imide groups is 1. The van der Waals surface area contributed by atoms with Gasteiger partial charge in [0, 0.05) is 12.6 Å². The first-order chi connectivity index (χ1) is 9.47. The van der Waals surface area contributed by atoms with Crippen molar-refractivity contribution in [3.63, 3.8) is 0 Å². The summed E-state index contributed by atoms with van der Waals surface area (Å²) >= 11 is 0. The summed E-state index contributed by atoms with van der Waals surface area (Å²) in [5, 5.41) is 2.49. The van der Waals surface area contributed by atoms with Crippen molar-refractivity contribution < 1.29 is 9.59 Å². The molecule has 1 fully saturated rings. The molecule has 1 heterocycles. The van der Waals surface area contributed by atoms with Crippen LogP contribution < -0.4 is 11.1 Å². The van der Waals surface area contributed by atoms with E-state index < -0.39 is 0 Å². The van der Waals surface area contributed by atoms with Crippen molar-refractivity contribution in [1.82, 2.24) is 10.2 Å². The molecule has 0 aliphatic carbocycles. The first-order valence-corrected chi connectivity index (χ1v) is 6.90. The lowest BCUT2D eigenvalue weighted by Gasteiger charge is -2.18. The van der Waals surface area contributed by atoms with Crippen LogP contribution in [0.4, 0.5) is 4.79 Å². The second kappa shape index (κ2) is 6.05. The number of hydrogen-bond donors (Lipinski definition) is 2. The van der Waals surface area contributed by atoms with Gasteiger partial charge in [0.05, 0.1) is 6.54 Å². The average Bonchev–Trinajstić information content (AvgIpc) is 2.70. The predicted molar refractivity (Wildman–Crippen MR) is 77.0 cm³/mol. The Balaban J connectivity index is 2.00. The van der Waals surface area contributed by atoms with Gasteiger partial charge in [-0.1, -0.05) is 38.1 Å². The number of carbonyl (C=O) groups excluding carboxylic acids is 2. The molecule has 1 unspecified atom stereocenters. The molecular weight excluding hydrogens is 254 g/mol. The lowest BCUT2D eigenvalue weighted by molar-refractivity contribution is -0.125. The zero-order chi connectivity index (χ0) is 14.7. The number of carbonyl (C=O) groups is 2. The summed E-state index contributed by atoms with van der Waals surface area (Å²) in [6.45, 7) is 4.64. The molecule has 0 aromatic heterocycles. The summed E-state index contributed by atoms with van der Waals surface area (Å²) in [6, 6.07) is 7.35. The standard InChI is InChI=1S/C15H21N3O2/c1-10(2)7-11-3-5-12(6-4-11)13(16)9-18-14(19)8-17-15(18)20/h3-6,10,13H,7-9,16H2,1-2H3,(H,17,20). The maximum atomic E-state index is 11.5. The van der Waals surface area contributed by atoms with E-state index in [4.69, 9.17) is 5.73 Å². The molecule has 1 aromatic carbocycles. The van der Waals surface area contributed by atoms with Crippen LogP contribution in [0.15, 0.2) is 24.3 Å². The first kappa shape index (κ1) is 14.5. The number of urea groups is 1. The number of amides is 3. The Morgan fingerprint density at radius 3 is 2.40 bits per heavy atom. The number of nitrogens with one attached hydrogen (secondary N) is 1. The lowest BCUT2D eigenvalue weighted by Crippen LogP contribution is -2.37. The topological polar surface area (TPSA) is 75.4 Å². The molecule has 1 saturated heterocycles. The Hall–Kier alpha value is -1.88. The van der Waals surface area contributed by atoms with Crippen LogP contribution in [0.5, 0.6) is 0 Å². The zero-order valence-electron chi connectivity index (χ0n) is 11.9. The number of benzene rings is 1. The molecule has 0 spiro atoms. The summed E-state index contributed by atoms with van der Waals surface area (Å²) in [4.78, 5) is 24.2. The van der Waals surface area contributed by atoms with E-state index in [9.17, 15) is 9.59 Å². The third-order valence-corrected chi connectivity index (χ3v) is 3.37. The minimum Gasteiger partial charge on any atom is -0.329 e. The fourth-order valence-corrected chi connectivity index (χ4v) is 2.31. The summed E-state index contributed by atoms with van der Waals surface area (Å²) in [5.41, 5.74) is 8.28. The molecule has 1 aliphatic heterocycles. The monoisotopic (exact) mass is 275 g/mol. The molecule has 5 heteroatoms. The highest BCUT2D eigenvalue weighted by atomic mass is 16.2. The number of nitrogens with two attached hydrogens (primary N) is 1. The van der Waals surface area contributed by atoms with E-state index in [0.717, 1.165) is 12.0 Å². The molecule has 5 nitrogen and oxygen atoms in total. The summed E-state index contributed by atoms with van der Waals surface area (Å²) < 4.78 is 0. The normalized spacial score (nSPS) is 16.7. The highest BCUT2D eigenvalue weighted by molar-refractivity contribution is 6.01. The molecule has 2 rings (SSSR count). The summed E-state index contributed by atoms with van der Waals surface area (Å²) in [5.74, 6) is 0.391. The molecule has 1 atom stereocenters. The molecule has 108 valence electrons. The quantitative estimate of drug-likeness (QED) is 0.798. The molecule has 20 heavy (non-hydrogen) atoms. The summed E-state index contributed by atoms with van der Waals surface area (Å²) in [7, 11) is 0. The van der Waals surface area contributed by atoms with E-state index in [2.05, 4.69) is 31.3 Å². The Morgan fingerprint density at radius 2 is 1.90 bits per heavy atom. The molecule has 0 saturated carbocycles. The van der Waals surface area contributed by atoms with Crippen molar-refractivity contribution in [2.75, 3.05) is 13.1 Å². The maximum absolute atomic E-state index is 11.5. The van der Waals surface area contributed by atoms with Gasteiger partial charge in [0.15, 0.2) is 0 Å². The van der Waals surface area contributed by atoms with Crippen molar-refractivity contribution in [1.29, 1.82) is 0 Å². The van der Waals surface area contributed by atoms with Crippen LogP contribution in [-0.4, -0.2) is 29.9 Å². The van der Waals surface area contributed by atoms with Crippen molar-refractivity contribution >= 4 is 11.9 Å². The number of hydrogen-bond acceptors (Lipinski definition) is 3. The van der Waals surface area contributed by atoms with Crippen LogP contribution in [0.2, 0.25) is 0 Å². The second-order valence-electron chi connectivity index (χ2n) is 5.61. The Kier molecular flexibility index (Phi) is 4.39. The van der Waals surface area contributed by atoms with Gasteiger partial charge in [0.2, 0.25) is 5.91 Å². The minimum absolute atomic E-state index is 0.0683. The third kappa shape index (κ3) is 3.36. The summed E-state index contributed by atoms with van der Waals surface area (Å²) in [6.07, 6.45) is 1.03. The Bertz CT molecular complexity index is 480. The third-order valence-electron chi connectivity index (χ3n) is 3.37. The maximum Gasteiger partial charge on any atom is 0.324 e. The van der Waals surface area contributed by atoms with Crippen molar-refractivity contribution in [3.8, 4) is 0 Å². The van der Waals surface area contributed by atoms with Crippen molar-refractivity contribution in [2.45, 2.75) is 26.3 Å². The van der Waals surface area contributed by atoms with E-state index in [0.29, 0.717) is 5.92 Å². The van der Waals surface area contributed by atoms with E-state index in [1.54, 1.807) is 0 Å². The first-order valence-electron chi connectivity index (χ1n) is 6.90. The predicted octanol–water partition coefficient (Wildman–Crippen LogP) is 1.44. The highest BCUT2D eigenvalue weighted by Gasteiger charge is 2.29. The number of rotatable bonds is 5. The van der Waals surface area contributed by atoms with Gasteiger partial charge in [-0.2, -0.15) is 0 Å². The average molecular weight is 275 g/mol. The molecule has 0 bridgehead atoms. The van der Waals surface area contributed by atoms with Gasteiger partial charge >= 0.3 is 6.03 Å². The Morgan fingerprint density at radius 1 is 1.25 bits per heavy atom. The van der Waals surface area contributed by atoms with Gasteiger partial charge in [0.1, 0.15) is 0 Å². The molecule has 1 aromatic rings. The molecule has 3 amide bonds. The van der Waals surface area contributed by atoms with Gasteiger partial charge in [-0.25, -0.2) is 4.79 Å². The van der Waals surface area contributed by atoms with Gasteiger partial charge in [-0.3, -0.25) is 9.69 Å². The van der Waals surface area contributed by atoms with Gasteiger partial charge < -0.3 is 11.1 Å². The minimum atomic E-state index is -0.359. The van der Waals surface area contributed by atoms with E-state index in [-0.39, 0.29) is 31.1 Å². The SMILES string of the molecule is CC(C)Cc1ccc(C(N)CN2C(=O)CNC2=O)cc1. The lowest BCUT2D eigenvalue weighted by atomic mass is 9.99. The van der Waals surface area contributed by atoms with Gasteiger partial charge in [-0.05, 0) is 23.5 Å². The molecule has 1 aliphatic rings. The van der Waals surface area contributed by atoms with Gasteiger partial charge in [0.25, 0.3) is 0 Å². The van der Waals surface area contributed by atoms with Crippen LogP contribution in [0.3, 0.4) is 0 Å². The highest BCUT2D eigenvalue weighted by Crippen LogP contribution is 2.16. The van der Waals surface area contributed by atoms with Crippen molar-refractivity contribution in [2.24, 2.45) is 11.7 Å². The van der Waals surface area contributed by atoms with E-state index in [1.807, 2.05) is 12.1 Å². The molecular formula is C15H21N3O2. The van der Waals surface area contributed by atoms with E-state index >= 15 is 0 Å². The van der Waals surface area contributed by atoms with E-state index in [1.165, 1.54) is 10.5 Å². The molecule has 0 radical (unpaired) electrons. The molecule has 3 N–H and O–H groups in total. The largest absolute Gasteiger partial charge is 0.329 e. The van der Waals surface area contributed by atoms with Crippen LogP contribution in [0.1, 0.15) is 31.0 Å².